The molecule has 0 aromatic heterocycles. The van der Waals surface area contributed by atoms with Crippen molar-refractivity contribution in [2.45, 2.75) is 16.6 Å². The molecule has 3 heteroatoms. The maximum Gasteiger partial charge on any atom is 0.118 e. The number of thioether (sulfide) groups is 1. The monoisotopic (exact) mass is 269 g/mol. The lowest BCUT2D eigenvalue weighted by Crippen LogP contribution is -1.92. The Kier molecular flexibility index (Phi) is 4.88. The lowest BCUT2D eigenvalue weighted by atomic mass is 10.1. The average Bonchev–Trinajstić information content (AvgIpc) is 2.48. The summed E-state index contributed by atoms with van der Waals surface area (Å²) in [5, 5.41) is 9.14. The van der Waals surface area contributed by atoms with Gasteiger partial charge in [0.1, 0.15) is 5.75 Å². The van der Waals surface area contributed by atoms with Crippen LogP contribution in [0, 0.1) is 11.3 Å². The van der Waals surface area contributed by atoms with E-state index in [1.807, 2.05) is 42.5 Å². The van der Waals surface area contributed by atoms with Crippen molar-refractivity contribution in [3.63, 3.8) is 0 Å². The molecule has 0 saturated heterocycles. The molecule has 0 aliphatic carbocycles. The van der Waals surface area contributed by atoms with E-state index in [4.69, 9.17) is 10.00 Å². The summed E-state index contributed by atoms with van der Waals surface area (Å²) in [5.41, 5.74) is 1.19. The number of nitrogens with zero attached hydrogens (tertiary/aromatic N) is 1. The summed E-state index contributed by atoms with van der Waals surface area (Å²) in [4.78, 5) is 1.14. The first-order chi connectivity index (χ1) is 9.33. The average molecular weight is 269 g/mol. The van der Waals surface area contributed by atoms with Crippen LogP contribution in [0.2, 0.25) is 0 Å². The molecule has 0 spiro atoms. The fourth-order valence-corrected chi connectivity index (χ4v) is 2.87. The Morgan fingerprint density at radius 1 is 1.11 bits per heavy atom. The van der Waals surface area contributed by atoms with Crippen molar-refractivity contribution in [1.82, 2.24) is 0 Å². The highest BCUT2D eigenvalue weighted by Gasteiger charge is 2.12. The highest BCUT2D eigenvalue weighted by Crippen LogP contribution is 2.37. The fourth-order valence-electron chi connectivity index (χ4n) is 1.80. The summed E-state index contributed by atoms with van der Waals surface area (Å²) >= 11 is 1.71. The van der Waals surface area contributed by atoms with Crippen LogP contribution in [-0.2, 0) is 0 Å². The van der Waals surface area contributed by atoms with Crippen molar-refractivity contribution in [3.8, 4) is 11.8 Å². The molecule has 96 valence electrons. The van der Waals surface area contributed by atoms with E-state index in [1.165, 1.54) is 5.56 Å². The second-order valence-corrected chi connectivity index (χ2v) is 5.33. The predicted molar refractivity (Wildman–Crippen MR) is 78.3 cm³/mol. The largest absolute Gasteiger partial charge is 0.497 e. The van der Waals surface area contributed by atoms with Crippen molar-refractivity contribution in [1.29, 1.82) is 5.26 Å². The van der Waals surface area contributed by atoms with Gasteiger partial charge in [0.05, 0.1) is 19.6 Å². The second-order valence-electron chi connectivity index (χ2n) is 4.05. The molecular formula is C16H15NOS. The number of hydrogen-bond donors (Lipinski definition) is 0. The highest BCUT2D eigenvalue weighted by molar-refractivity contribution is 7.99. The number of benzene rings is 2. The van der Waals surface area contributed by atoms with Crippen LogP contribution >= 0.6 is 11.8 Å². The molecule has 0 heterocycles. The minimum atomic E-state index is 0.166. The zero-order valence-corrected chi connectivity index (χ0v) is 11.6. The Hall–Kier alpha value is -1.92. The number of hydrogen-bond acceptors (Lipinski definition) is 3. The maximum atomic E-state index is 8.97. The van der Waals surface area contributed by atoms with Crippen LogP contribution < -0.4 is 4.74 Å². The molecule has 0 N–H and O–H groups in total. The Morgan fingerprint density at radius 2 is 1.79 bits per heavy atom. The third-order valence-electron chi connectivity index (χ3n) is 2.79. The quantitative estimate of drug-likeness (QED) is 0.752. The number of methoxy groups -OCH3 is 1. The summed E-state index contributed by atoms with van der Waals surface area (Å²) in [6, 6.07) is 20.3. The molecule has 2 aromatic rings. The standard InChI is InChI=1S/C16H15NOS/c1-18-14-7-9-15(10-8-14)19-16(11-12-17)13-5-3-2-4-6-13/h2-10,16H,11H2,1H3. The van der Waals surface area contributed by atoms with Gasteiger partial charge in [0.2, 0.25) is 0 Å². The lowest BCUT2D eigenvalue weighted by Gasteiger charge is -2.14. The van der Waals surface area contributed by atoms with Gasteiger partial charge >= 0.3 is 0 Å². The van der Waals surface area contributed by atoms with Gasteiger partial charge in [-0.2, -0.15) is 5.26 Å². The van der Waals surface area contributed by atoms with Crippen molar-refractivity contribution >= 4 is 11.8 Å². The van der Waals surface area contributed by atoms with E-state index in [-0.39, 0.29) is 5.25 Å². The Bertz CT molecular complexity index is 545. The van der Waals surface area contributed by atoms with Crippen LogP contribution in [0.25, 0.3) is 0 Å². The molecule has 0 bridgehead atoms. The van der Waals surface area contributed by atoms with Crippen LogP contribution in [0.15, 0.2) is 59.5 Å². The van der Waals surface area contributed by atoms with E-state index in [1.54, 1.807) is 18.9 Å². The van der Waals surface area contributed by atoms with Crippen molar-refractivity contribution in [3.05, 3.63) is 60.2 Å². The van der Waals surface area contributed by atoms with Crippen LogP contribution in [0.4, 0.5) is 0 Å². The predicted octanol–water partition coefficient (Wildman–Crippen LogP) is 4.44. The zero-order valence-electron chi connectivity index (χ0n) is 10.7. The first kappa shape index (κ1) is 13.5. The van der Waals surface area contributed by atoms with Gasteiger partial charge in [0.15, 0.2) is 0 Å². The molecule has 1 unspecified atom stereocenters. The summed E-state index contributed by atoms with van der Waals surface area (Å²) in [7, 11) is 1.66. The van der Waals surface area contributed by atoms with Gasteiger partial charge in [-0.05, 0) is 29.8 Å². The summed E-state index contributed by atoms with van der Waals surface area (Å²) in [6.07, 6.45) is 0.501. The first-order valence-electron chi connectivity index (χ1n) is 6.06. The molecule has 0 aliphatic heterocycles. The maximum absolute atomic E-state index is 8.97. The van der Waals surface area contributed by atoms with E-state index in [0.717, 1.165) is 10.6 Å². The molecule has 1 atom stereocenters. The molecule has 0 saturated carbocycles. The molecule has 0 aliphatic rings. The fraction of sp³-hybridized carbons (Fsp3) is 0.188. The lowest BCUT2D eigenvalue weighted by molar-refractivity contribution is 0.414. The molecule has 2 nitrogen and oxygen atoms in total. The van der Waals surface area contributed by atoms with E-state index < -0.39 is 0 Å². The third-order valence-corrected chi connectivity index (χ3v) is 4.05. The third kappa shape index (κ3) is 3.77. The molecule has 0 amide bonds. The van der Waals surface area contributed by atoms with E-state index in [2.05, 4.69) is 18.2 Å². The topological polar surface area (TPSA) is 33.0 Å². The van der Waals surface area contributed by atoms with Crippen molar-refractivity contribution in [2.75, 3.05) is 7.11 Å². The summed E-state index contributed by atoms with van der Waals surface area (Å²) < 4.78 is 5.14. The van der Waals surface area contributed by atoms with Gasteiger partial charge in [-0.3, -0.25) is 0 Å². The van der Waals surface area contributed by atoms with E-state index in [9.17, 15) is 0 Å². The van der Waals surface area contributed by atoms with Crippen LogP contribution in [0.1, 0.15) is 17.2 Å². The zero-order chi connectivity index (χ0) is 13.5. The van der Waals surface area contributed by atoms with E-state index in [0.29, 0.717) is 6.42 Å². The molecule has 2 rings (SSSR count). The Morgan fingerprint density at radius 3 is 2.37 bits per heavy atom. The van der Waals surface area contributed by atoms with Gasteiger partial charge < -0.3 is 4.74 Å². The summed E-state index contributed by atoms with van der Waals surface area (Å²) in [6.45, 7) is 0. The van der Waals surface area contributed by atoms with Crippen LogP contribution in [-0.4, -0.2) is 7.11 Å². The molecular weight excluding hydrogens is 254 g/mol. The normalized spacial score (nSPS) is 11.6. The van der Waals surface area contributed by atoms with Crippen LogP contribution in [0.3, 0.4) is 0 Å². The van der Waals surface area contributed by atoms with Crippen molar-refractivity contribution in [2.24, 2.45) is 0 Å². The molecule has 2 aromatic carbocycles. The Labute approximate surface area is 118 Å². The first-order valence-corrected chi connectivity index (χ1v) is 6.94. The van der Waals surface area contributed by atoms with Gasteiger partial charge in [-0.25, -0.2) is 0 Å². The molecule has 19 heavy (non-hydrogen) atoms. The van der Waals surface area contributed by atoms with Crippen LogP contribution in [0.5, 0.6) is 5.75 Å². The number of nitriles is 1. The SMILES string of the molecule is COc1ccc(SC(CC#N)c2ccccc2)cc1. The number of rotatable bonds is 5. The van der Waals surface area contributed by atoms with Gasteiger partial charge in [0.25, 0.3) is 0 Å². The van der Waals surface area contributed by atoms with E-state index >= 15 is 0 Å². The second kappa shape index (κ2) is 6.86. The minimum absolute atomic E-state index is 0.166. The summed E-state index contributed by atoms with van der Waals surface area (Å²) in [5.74, 6) is 0.848. The Balaban J connectivity index is 2.14. The molecule has 0 fully saturated rings. The van der Waals surface area contributed by atoms with Gasteiger partial charge in [-0.15, -0.1) is 11.8 Å². The molecule has 0 radical (unpaired) electrons. The smallest absolute Gasteiger partial charge is 0.118 e. The van der Waals surface area contributed by atoms with Crippen molar-refractivity contribution < 1.29 is 4.74 Å². The van der Waals surface area contributed by atoms with Gasteiger partial charge in [0, 0.05) is 10.1 Å². The van der Waals surface area contributed by atoms with Gasteiger partial charge in [-0.1, -0.05) is 30.3 Å². The minimum Gasteiger partial charge on any atom is -0.497 e. The number of ether oxygens (including phenoxy) is 1. The highest BCUT2D eigenvalue weighted by atomic mass is 32.2.